The Balaban J connectivity index is 2.44. The molecule has 0 aromatic carbocycles. The maximum Gasteiger partial charge on any atom is 0.305 e. The molecule has 0 unspecified atom stereocenters. The number of hydrogen-bond donors (Lipinski definition) is 2. The molecule has 0 saturated carbocycles. The lowest BCUT2D eigenvalue weighted by Crippen LogP contribution is -2.25. The monoisotopic (exact) mass is 233 g/mol. The number of carboxylic acid groups (broad SMARTS) is 1. The van der Waals surface area contributed by atoms with E-state index in [1.165, 1.54) is 11.3 Å². The van der Waals surface area contributed by atoms with Crippen LogP contribution in [0.2, 0.25) is 5.02 Å². The van der Waals surface area contributed by atoms with Gasteiger partial charge in [-0.2, -0.15) is 0 Å². The summed E-state index contributed by atoms with van der Waals surface area (Å²) in [6.45, 7) is 0.113. The van der Waals surface area contributed by atoms with Crippen LogP contribution >= 0.6 is 22.9 Å². The summed E-state index contributed by atoms with van der Waals surface area (Å²) in [5.41, 5.74) is 0. The molecule has 14 heavy (non-hydrogen) atoms. The predicted octanol–water partition coefficient (Wildman–Crippen LogP) is 1.61. The van der Waals surface area contributed by atoms with Crippen molar-refractivity contribution in [2.75, 3.05) is 6.54 Å². The molecule has 0 atom stereocenters. The van der Waals surface area contributed by atoms with Crippen LogP contribution in [0.5, 0.6) is 0 Å². The molecule has 2 N–H and O–H groups in total. The number of aliphatic carboxylic acids is 1. The second-order valence-corrected chi connectivity index (χ2v) is 3.82. The van der Waals surface area contributed by atoms with E-state index in [9.17, 15) is 9.59 Å². The SMILES string of the molecule is O=C(O)CCNC(=O)c1sccc1Cl. The fraction of sp³-hybridized carbons (Fsp3) is 0.250. The number of hydrogen-bond acceptors (Lipinski definition) is 3. The Kier molecular flexibility index (Phi) is 3.91. The van der Waals surface area contributed by atoms with Gasteiger partial charge in [0.25, 0.3) is 5.91 Å². The Hall–Kier alpha value is -1.07. The summed E-state index contributed by atoms with van der Waals surface area (Å²) in [6, 6.07) is 1.62. The van der Waals surface area contributed by atoms with Gasteiger partial charge in [-0.3, -0.25) is 9.59 Å². The first kappa shape index (κ1) is 11.0. The average molecular weight is 234 g/mol. The number of carboxylic acids is 1. The summed E-state index contributed by atoms with van der Waals surface area (Å²) >= 11 is 6.93. The lowest BCUT2D eigenvalue weighted by atomic mass is 10.4. The largest absolute Gasteiger partial charge is 0.481 e. The lowest BCUT2D eigenvalue weighted by molar-refractivity contribution is -0.136. The first-order chi connectivity index (χ1) is 6.61. The van der Waals surface area contributed by atoms with E-state index >= 15 is 0 Å². The summed E-state index contributed by atoms with van der Waals surface area (Å²) in [4.78, 5) is 21.9. The maximum absolute atomic E-state index is 11.3. The lowest BCUT2D eigenvalue weighted by Gasteiger charge is -2.00. The van der Waals surface area contributed by atoms with Crippen molar-refractivity contribution in [3.05, 3.63) is 21.3 Å². The molecule has 0 spiro atoms. The van der Waals surface area contributed by atoms with Crippen LogP contribution in [0.1, 0.15) is 16.1 Å². The highest BCUT2D eigenvalue weighted by Gasteiger charge is 2.11. The van der Waals surface area contributed by atoms with Gasteiger partial charge < -0.3 is 10.4 Å². The zero-order valence-corrected chi connectivity index (χ0v) is 8.69. The van der Waals surface area contributed by atoms with Crippen molar-refractivity contribution in [3.63, 3.8) is 0 Å². The first-order valence-electron chi connectivity index (χ1n) is 3.84. The van der Waals surface area contributed by atoms with E-state index in [1.54, 1.807) is 11.4 Å². The third kappa shape index (κ3) is 3.01. The third-order valence-electron chi connectivity index (χ3n) is 1.45. The molecule has 0 bridgehead atoms. The minimum atomic E-state index is -0.942. The summed E-state index contributed by atoms with van der Waals surface area (Å²) in [5, 5.41) is 12.9. The molecule has 4 nitrogen and oxygen atoms in total. The summed E-state index contributed by atoms with van der Waals surface area (Å²) in [5.74, 6) is -1.27. The molecular formula is C8H8ClNO3S. The Morgan fingerprint density at radius 2 is 2.29 bits per heavy atom. The highest BCUT2D eigenvalue weighted by molar-refractivity contribution is 7.12. The second kappa shape index (κ2) is 4.97. The van der Waals surface area contributed by atoms with Gasteiger partial charge in [-0.05, 0) is 11.4 Å². The minimum Gasteiger partial charge on any atom is -0.481 e. The summed E-state index contributed by atoms with van der Waals surface area (Å²) in [6.07, 6.45) is -0.0886. The number of rotatable bonds is 4. The van der Waals surface area contributed by atoms with Gasteiger partial charge in [-0.1, -0.05) is 11.6 Å². The van der Waals surface area contributed by atoms with E-state index < -0.39 is 5.97 Å². The van der Waals surface area contributed by atoms with Crippen molar-refractivity contribution < 1.29 is 14.7 Å². The fourth-order valence-electron chi connectivity index (χ4n) is 0.819. The van der Waals surface area contributed by atoms with Crippen LogP contribution in [-0.4, -0.2) is 23.5 Å². The summed E-state index contributed by atoms with van der Waals surface area (Å²) < 4.78 is 0. The zero-order chi connectivity index (χ0) is 10.6. The van der Waals surface area contributed by atoms with Crippen molar-refractivity contribution >= 4 is 34.8 Å². The molecule has 1 rings (SSSR count). The molecule has 0 radical (unpaired) electrons. The molecule has 0 aliphatic rings. The second-order valence-electron chi connectivity index (χ2n) is 2.50. The maximum atomic E-state index is 11.3. The van der Waals surface area contributed by atoms with Gasteiger partial charge in [0, 0.05) is 6.54 Å². The van der Waals surface area contributed by atoms with E-state index in [0.29, 0.717) is 9.90 Å². The van der Waals surface area contributed by atoms with E-state index in [-0.39, 0.29) is 18.9 Å². The molecular weight excluding hydrogens is 226 g/mol. The van der Waals surface area contributed by atoms with Gasteiger partial charge in [0.15, 0.2) is 0 Å². The minimum absolute atomic E-state index is 0.0886. The van der Waals surface area contributed by atoms with E-state index in [2.05, 4.69) is 5.32 Å². The van der Waals surface area contributed by atoms with Crippen molar-refractivity contribution in [2.45, 2.75) is 6.42 Å². The van der Waals surface area contributed by atoms with Crippen molar-refractivity contribution in [1.29, 1.82) is 0 Å². The average Bonchev–Trinajstić information content (AvgIpc) is 2.50. The summed E-state index contributed by atoms with van der Waals surface area (Å²) in [7, 11) is 0. The molecule has 0 aliphatic heterocycles. The normalized spacial score (nSPS) is 9.79. The van der Waals surface area contributed by atoms with E-state index in [1.807, 2.05) is 0 Å². The highest BCUT2D eigenvalue weighted by atomic mass is 35.5. The number of carbonyl (C=O) groups excluding carboxylic acids is 1. The molecule has 6 heteroatoms. The molecule has 0 fully saturated rings. The molecule has 1 aromatic rings. The molecule has 76 valence electrons. The van der Waals surface area contributed by atoms with Crippen LogP contribution in [0.25, 0.3) is 0 Å². The number of amides is 1. The van der Waals surface area contributed by atoms with Crippen LogP contribution in [0.3, 0.4) is 0 Å². The van der Waals surface area contributed by atoms with E-state index in [0.717, 1.165) is 0 Å². The molecule has 0 saturated heterocycles. The molecule has 0 aliphatic carbocycles. The van der Waals surface area contributed by atoms with Crippen LogP contribution in [0.4, 0.5) is 0 Å². The van der Waals surface area contributed by atoms with Gasteiger partial charge in [0.05, 0.1) is 11.4 Å². The van der Waals surface area contributed by atoms with Gasteiger partial charge in [-0.25, -0.2) is 0 Å². The van der Waals surface area contributed by atoms with Gasteiger partial charge in [0.1, 0.15) is 4.88 Å². The molecule has 1 amide bonds. The van der Waals surface area contributed by atoms with Crippen molar-refractivity contribution in [2.24, 2.45) is 0 Å². The highest BCUT2D eigenvalue weighted by Crippen LogP contribution is 2.21. The molecule has 1 aromatic heterocycles. The Bertz CT molecular complexity index is 350. The van der Waals surface area contributed by atoms with Crippen molar-refractivity contribution in [3.8, 4) is 0 Å². The first-order valence-corrected chi connectivity index (χ1v) is 5.10. The Morgan fingerprint density at radius 3 is 2.79 bits per heavy atom. The Labute approximate surface area is 89.5 Å². The quantitative estimate of drug-likeness (QED) is 0.830. The third-order valence-corrected chi connectivity index (χ3v) is 2.79. The van der Waals surface area contributed by atoms with Crippen LogP contribution in [0, 0.1) is 0 Å². The van der Waals surface area contributed by atoms with Gasteiger partial charge >= 0.3 is 5.97 Å². The Morgan fingerprint density at radius 1 is 1.57 bits per heavy atom. The fourth-order valence-corrected chi connectivity index (χ4v) is 1.88. The van der Waals surface area contributed by atoms with E-state index in [4.69, 9.17) is 16.7 Å². The number of carbonyl (C=O) groups is 2. The number of nitrogens with one attached hydrogen (secondary N) is 1. The number of thiophene rings is 1. The van der Waals surface area contributed by atoms with Gasteiger partial charge in [-0.15, -0.1) is 11.3 Å². The van der Waals surface area contributed by atoms with Crippen molar-refractivity contribution in [1.82, 2.24) is 5.32 Å². The number of halogens is 1. The smallest absolute Gasteiger partial charge is 0.305 e. The zero-order valence-electron chi connectivity index (χ0n) is 7.12. The van der Waals surface area contributed by atoms with Crippen LogP contribution < -0.4 is 5.32 Å². The van der Waals surface area contributed by atoms with Crippen LogP contribution in [-0.2, 0) is 4.79 Å². The predicted molar refractivity (Wildman–Crippen MR) is 53.9 cm³/mol. The topological polar surface area (TPSA) is 66.4 Å². The van der Waals surface area contributed by atoms with Crippen LogP contribution in [0.15, 0.2) is 11.4 Å². The standard InChI is InChI=1S/C8H8ClNO3S/c9-5-2-4-14-7(5)8(13)10-3-1-6(11)12/h2,4H,1,3H2,(H,10,13)(H,11,12). The molecule has 1 heterocycles. The van der Waals surface area contributed by atoms with Gasteiger partial charge in [0.2, 0.25) is 0 Å².